The molecule has 0 bridgehead atoms. The van der Waals surface area contributed by atoms with Crippen molar-refractivity contribution in [1.82, 2.24) is 0 Å². The number of hydrogen-bond acceptors (Lipinski definition) is 0. The second kappa shape index (κ2) is 4.66. The number of hydrogen-bond donors (Lipinski definition) is 0. The Hall–Kier alpha value is -2.21. The Morgan fingerprint density at radius 1 is 0.952 bits per heavy atom. The maximum Gasteiger partial charge on any atom is 0.416 e. The van der Waals surface area contributed by atoms with Gasteiger partial charge in [0.25, 0.3) is 0 Å². The van der Waals surface area contributed by atoms with E-state index in [1.807, 2.05) is 24.3 Å². The largest absolute Gasteiger partial charge is 0.416 e. The van der Waals surface area contributed by atoms with Crippen LogP contribution in [-0.2, 0) is 11.6 Å². The van der Waals surface area contributed by atoms with Gasteiger partial charge in [-0.3, -0.25) is 0 Å². The quantitative estimate of drug-likeness (QED) is 0.679. The van der Waals surface area contributed by atoms with Crippen LogP contribution in [0, 0.1) is 12.3 Å². The Bertz CT molecular complexity index is 698. The van der Waals surface area contributed by atoms with Crippen LogP contribution < -0.4 is 0 Å². The van der Waals surface area contributed by atoms with Crippen LogP contribution in [0.2, 0.25) is 0 Å². The van der Waals surface area contributed by atoms with E-state index in [1.54, 1.807) is 0 Å². The number of alkyl halides is 3. The summed E-state index contributed by atoms with van der Waals surface area (Å²) in [5.41, 5.74) is 1.84. The van der Waals surface area contributed by atoms with Crippen molar-refractivity contribution < 1.29 is 13.2 Å². The molecule has 0 spiro atoms. The summed E-state index contributed by atoms with van der Waals surface area (Å²) in [5.74, 6) is 2.83. The smallest absolute Gasteiger partial charge is 0.166 e. The van der Waals surface area contributed by atoms with Crippen LogP contribution in [-0.4, -0.2) is 0 Å². The number of benzene rings is 2. The predicted molar refractivity (Wildman–Crippen MR) is 76.6 cm³/mol. The van der Waals surface area contributed by atoms with Crippen LogP contribution in [0.4, 0.5) is 13.2 Å². The Kier molecular flexibility index (Phi) is 3.06. The molecule has 0 aliphatic heterocycles. The molecule has 2 aromatic rings. The third-order valence-electron chi connectivity index (χ3n) is 3.99. The van der Waals surface area contributed by atoms with E-state index in [0.29, 0.717) is 0 Å². The van der Waals surface area contributed by atoms with Gasteiger partial charge in [-0.2, -0.15) is 13.2 Å². The minimum absolute atomic E-state index is 0.237. The minimum Gasteiger partial charge on any atom is -0.166 e. The molecule has 0 amide bonds. The van der Waals surface area contributed by atoms with Crippen LogP contribution >= 0.6 is 0 Å². The maximum atomic E-state index is 12.6. The second-order valence-electron chi connectivity index (χ2n) is 5.35. The summed E-state index contributed by atoms with van der Waals surface area (Å²) in [4.78, 5) is 0. The Labute approximate surface area is 121 Å². The third-order valence-corrected chi connectivity index (χ3v) is 3.99. The highest BCUT2D eigenvalue weighted by molar-refractivity contribution is 5.71. The average molecular weight is 286 g/mol. The van der Waals surface area contributed by atoms with Crippen LogP contribution in [0.5, 0.6) is 0 Å². The van der Waals surface area contributed by atoms with Crippen LogP contribution in [0.3, 0.4) is 0 Å². The van der Waals surface area contributed by atoms with E-state index < -0.39 is 11.7 Å². The first-order valence-corrected chi connectivity index (χ1v) is 6.71. The lowest BCUT2D eigenvalue weighted by molar-refractivity contribution is -0.137. The Morgan fingerprint density at radius 3 is 2.10 bits per heavy atom. The first kappa shape index (κ1) is 13.8. The number of halogens is 3. The molecule has 0 N–H and O–H groups in total. The molecule has 0 heterocycles. The van der Waals surface area contributed by atoms with Crippen molar-refractivity contribution in [2.24, 2.45) is 0 Å². The molecular formula is C18H13F3. The molecular weight excluding hydrogens is 273 g/mol. The molecule has 1 fully saturated rings. The van der Waals surface area contributed by atoms with E-state index in [1.165, 1.54) is 12.1 Å². The van der Waals surface area contributed by atoms with E-state index in [9.17, 15) is 13.2 Å². The van der Waals surface area contributed by atoms with E-state index >= 15 is 0 Å². The van der Waals surface area contributed by atoms with Crippen molar-refractivity contribution in [3.63, 3.8) is 0 Å². The fourth-order valence-corrected chi connectivity index (χ4v) is 2.61. The lowest BCUT2D eigenvalue weighted by atomic mass is 9.88. The van der Waals surface area contributed by atoms with Crippen LogP contribution in [0.25, 0.3) is 11.1 Å². The van der Waals surface area contributed by atoms with E-state index in [2.05, 4.69) is 5.92 Å². The summed E-state index contributed by atoms with van der Waals surface area (Å²) in [6.07, 6.45) is 3.18. The Morgan fingerprint density at radius 2 is 1.57 bits per heavy atom. The number of terminal acetylenes is 1. The van der Waals surface area contributed by atoms with Gasteiger partial charge in [-0.05, 0) is 41.7 Å². The van der Waals surface area contributed by atoms with Gasteiger partial charge in [0.05, 0.1) is 11.0 Å². The highest BCUT2D eigenvalue weighted by Crippen LogP contribution is 2.50. The zero-order chi connectivity index (χ0) is 15.1. The fourth-order valence-electron chi connectivity index (χ4n) is 2.61. The molecule has 106 valence electrons. The van der Waals surface area contributed by atoms with Crippen molar-refractivity contribution in [2.75, 3.05) is 0 Å². The zero-order valence-corrected chi connectivity index (χ0v) is 11.2. The number of rotatable bonds is 2. The van der Waals surface area contributed by atoms with Crippen molar-refractivity contribution in [2.45, 2.75) is 24.4 Å². The molecule has 0 saturated heterocycles. The van der Waals surface area contributed by atoms with Gasteiger partial charge in [-0.15, -0.1) is 6.42 Å². The summed E-state index contributed by atoms with van der Waals surface area (Å²) in [7, 11) is 0. The molecule has 3 rings (SSSR count). The van der Waals surface area contributed by atoms with Gasteiger partial charge in [0, 0.05) is 0 Å². The molecule has 0 unspecified atom stereocenters. The van der Waals surface area contributed by atoms with Gasteiger partial charge in [0.15, 0.2) is 0 Å². The van der Waals surface area contributed by atoms with Crippen LogP contribution in [0.1, 0.15) is 24.0 Å². The lowest BCUT2D eigenvalue weighted by Gasteiger charge is -2.15. The minimum atomic E-state index is -4.31. The fraction of sp³-hybridized carbons (Fsp3) is 0.222. The highest BCUT2D eigenvalue weighted by Gasteiger charge is 2.44. The molecule has 2 aromatic carbocycles. The molecule has 1 aliphatic rings. The van der Waals surface area contributed by atoms with E-state index in [4.69, 9.17) is 6.42 Å². The molecule has 0 aromatic heterocycles. The molecule has 0 radical (unpaired) electrons. The summed E-state index contributed by atoms with van der Waals surface area (Å²) in [6.45, 7) is 0. The highest BCUT2D eigenvalue weighted by atomic mass is 19.4. The standard InChI is InChI=1S/C18H13F3/c1-2-17(11-12-17)16-6-4-3-5-15(16)13-7-9-14(10-8-13)18(19,20)21/h1,3-10H,11-12H2. The third kappa shape index (κ3) is 2.42. The summed E-state index contributed by atoms with van der Waals surface area (Å²) in [5, 5.41) is 0. The van der Waals surface area contributed by atoms with Crippen molar-refractivity contribution >= 4 is 0 Å². The molecule has 1 saturated carbocycles. The van der Waals surface area contributed by atoms with E-state index in [0.717, 1.165) is 41.7 Å². The summed E-state index contributed by atoms with van der Waals surface area (Å²) >= 11 is 0. The van der Waals surface area contributed by atoms with Crippen molar-refractivity contribution in [3.05, 3.63) is 59.7 Å². The topological polar surface area (TPSA) is 0 Å². The van der Waals surface area contributed by atoms with Gasteiger partial charge in [0.2, 0.25) is 0 Å². The maximum absolute atomic E-state index is 12.6. The van der Waals surface area contributed by atoms with Crippen molar-refractivity contribution in [3.8, 4) is 23.5 Å². The van der Waals surface area contributed by atoms with Gasteiger partial charge in [-0.25, -0.2) is 0 Å². The average Bonchev–Trinajstić information content (AvgIpc) is 3.28. The normalized spacial score (nSPS) is 16.3. The molecule has 21 heavy (non-hydrogen) atoms. The Balaban J connectivity index is 2.04. The molecule has 0 atom stereocenters. The van der Waals surface area contributed by atoms with Gasteiger partial charge in [0.1, 0.15) is 0 Å². The van der Waals surface area contributed by atoms with E-state index in [-0.39, 0.29) is 5.41 Å². The molecule has 3 heteroatoms. The van der Waals surface area contributed by atoms with Gasteiger partial charge < -0.3 is 0 Å². The van der Waals surface area contributed by atoms with Gasteiger partial charge >= 0.3 is 6.18 Å². The monoisotopic (exact) mass is 286 g/mol. The lowest BCUT2D eigenvalue weighted by Crippen LogP contribution is -2.06. The first-order valence-electron chi connectivity index (χ1n) is 6.71. The molecule has 1 aliphatic carbocycles. The zero-order valence-electron chi connectivity index (χ0n) is 11.2. The second-order valence-corrected chi connectivity index (χ2v) is 5.35. The summed E-state index contributed by atoms with van der Waals surface area (Å²) in [6, 6.07) is 12.9. The van der Waals surface area contributed by atoms with Crippen molar-refractivity contribution in [1.29, 1.82) is 0 Å². The molecule has 0 nitrogen and oxygen atoms in total. The summed E-state index contributed by atoms with van der Waals surface area (Å²) < 4.78 is 37.9. The van der Waals surface area contributed by atoms with Crippen LogP contribution in [0.15, 0.2) is 48.5 Å². The first-order chi connectivity index (χ1) is 9.96. The predicted octanol–water partition coefficient (Wildman–Crippen LogP) is 5.04. The SMILES string of the molecule is C#CC1(c2ccccc2-c2ccc(C(F)(F)F)cc2)CC1. The van der Waals surface area contributed by atoms with Gasteiger partial charge in [-0.1, -0.05) is 42.3 Å².